The number of aryl methyl sites for hydroxylation is 1. The molecule has 0 unspecified atom stereocenters. The second kappa shape index (κ2) is 6.02. The first-order valence-corrected chi connectivity index (χ1v) is 8.18. The van der Waals surface area contributed by atoms with Crippen LogP contribution in [-0.2, 0) is 11.3 Å². The largest absolute Gasteiger partial charge is 0.481 e. The van der Waals surface area contributed by atoms with Gasteiger partial charge in [-0.3, -0.25) is 14.2 Å². The molecule has 112 valence electrons. The summed E-state index contributed by atoms with van der Waals surface area (Å²) in [6.07, 6.45) is 1.31. The van der Waals surface area contributed by atoms with Gasteiger partial charge in [-0.15, -0.1) is 11.3 Å². The molecule has 0 atom stereocenters. The highest BCUT2D eigenvalue weighted by atomic mass is 79.9. The van der Waals surface area contributed by atoms with E-state index in [1.54, 1.807) is 0 Å². The van der Waals surface area contributed by atoms with E-state index in [2.05, 4.69) is 20.9 Å². The number of carboxylic acid groups (broad SMARTS) is 1. The Morgan fingerprint density at radius 2 is 2.05 bits per heavy atom. The van der Waals surface area contributed by atoms with Crippen molar-refractivity contribution in [3.63, 3.8) is 0 Å². The molecular weight excluding hydrogens is 368 g/mol. The zero-order chi connectivity index (χ0) is 15.7. The summed E-state index contributed by atoms with van der Waals surface area (Å²) in [5, 5.41) is 11.2. The maximum absolute atomic E-state index is 12.6. The van der Waals surface area contributed by atoms with E-state index in [4.69, 9.17) is 5.11 Å². The van der Waals surface area contributed by atoms with Crippen molar-refractivity contribution in [1.82, 2.24) is 9.55 Å². The minimum absolute atomic E-state index is 0.106. The number of thiophene rings is 1. The van der Waals surface area contributed by atoms with Crippen molar-refractivity contribution in [2.45, 2.75) is 13.0 Å². The Morgan fingerprint density at radius 3 is 2.73 bits per heavy atom. The van der Waals surface area contributed by atoms with Gasteiger partial charge in [0.15, 0.2) is 0 Å². The molecule has 0 aliphatic carbocycles. The molecule has 0 bridgehead atoms. The van der Waals surface area contributed by atoms with Crippen LogP contribution in [0, 0.1) is 0 Å². The van der Waals surface area contributed by atoms with E-state index in [0.29, 0.717) is 10.2 Å². The van der Waals surface area contributed by atoms with E-state index in [1.165, 1.54) is 22.2 Å². The first-order chi connectivity index (χ1) is 10.6. The molecule has 1 N–H and O–H groups in total. The standard InChI is InChI=1S/C15H11BrN2O3S/c16-10-3-1-9(2-4-10)11-7-22-14-13(11)15(21)18(8-17-14)6-5-12(19)20/h1-4,7-8H,5-6H2,(H,19,20). The van der Waals surface area contributed by atoms with Crippen LogP contribution >= 0.6 is 27.3 Å². The quantitative estimate of drug-likeness (QED) is 0.755. The van der Waals surface area contributed by atoms with E-state index in [0.717, 1.165) is 15.6 Å². The molecule has 0 fully saturated rings. The number of aliphatic carboxylic acids is 1. The number of rotatable bonds is 4. The molecule has 0 aliphatic heterocycles. The highest BCUT2D eigenvalue weighted by molar-refractivity contribution is 9.10. The number of benzene rings is 1. The zero-order valence-corrected chi connectivity index (χ0v) is 13.7. The fourth-order valence-electron chi connectivity index (χ4n) is 2.18. The van der Waals surface area contributed by atoms with E-state index in [1.807, 2.05) is 29.6 Å². The lowest BCUT2D eigenvalue weighted by atomic mass is 10.1. The van der Waals surface area contributed by atoms with Gasteiger partial charge in [-0.1, -0.05) is 28.1 Å². The third-order valence-electron chi connectivity index (χ3n) is 3.28. The molecule has 0 amide bonds. The van der Waals surface area contributed by atoms with Crippen LogP contribution in [0.2, 0.25) is 0 Å². The number of carbonyl (C=O) groups is 1. The number of fused-ring (bicyclic) bond motifs is 1. The Labute approximate surface area is 138 Å². The van der Waals surface area contributed by atoms with Crippen LogP contribution < -0.4 is 5.56 Å². The smallest absolute Gasteiger partial charge is 0.305 e. The maximum Gasteiger partial charge on any atom is 0.305 e. The molecule has 7 heteroatoms. The average Bonchev–Trinajstić information content (AvgIpc) is 2.92. The van der Waals surface area contributed by atoms with Gasteiger partial charge in [0.25, 0.3) is 5.56 Å². The maximum atomic E-state index is 12.6. The van der Waals surface area contributed by atoms with Gasteiger partial charge in [-0.2, -0.15) is 0 Å². The summed E-state index contributed by atoms with van der Waals surface area (Å²) in [5.41, 5.74) is 1.56. The normalized spacial score (nSPS) is 11.0. The molecule has 0 radical (unpaired) electrons. The van der Waals surface area contributed by atoms with Crippen LogP contribution in [0.25, 0.3) is 21.3 Å². The van der Waals surface area contributed by atoms with E-state index in [9.17, 15) is 9.59 Å². The van der Waals surface area contributed by atoms with Gasteiger partial charge < -0.3 is 5.11 Å². The third-order valence-corrected chi connectivity index (χ3v) is 4.70. The number of hydrogen-bond donors (Lipinski definition) is 1. The Bertz CT molecular complexity index is 899. The lowest BCUT2D eigenvalue weighted by Crippen LogP contribution is -2.21. The summed E-state index contributed by atoms with van der Waals surface area (Å²) >= 11 is 4.80. The average molecular weight is 379 g/mol. The molecule has 3 rings (SSSR count). The van der Waals surface area contributed by atoms with E-state index < -0.39 is 5.97 Å². The number of carboxylic acids is 1. The van der Waals surface area contributed by atoms with E-state index in [-0.39, 0.29) is 18.5 Å². The Morgan fingerprint density at radius 1 is 1.32 bits per heavy atom. The minimum atomic E-state index is -0.939. The van der Waals surface area contributed by atoms with Crippen LogP contribution in [0.1, 0.15) is 6.42 Å². The highest BCUT2D eigenvalue weighted by Gasteiger charge is 2.13. The summed E-state index contributed by atoms with van der Waals surface area (Å²) in [6.45, 7) is 0.118. The predicted octanol–water partition coefficient (Wildman–Crippen LogP) is 3.36. The molecule has 1 aromatic carbocycles. The Kier molecular flexibility index (Phi) is 4.08. The first-order valence-electron chi connectivity index (χ1n) is 6.50. The summed E-state index contributed by atoms with van der Waals surface area (Å²) in [5.74, 6) is -0.939. The molecule has 2 heterocycles. The minimum Gasteiger partial charge on any atom is -0.481 e. The summed E-state index contributed by atoms with van der Waals surface area (Å²) in [6, 6.07) is 7.69. The second-order valence-corrected chi connectivity index (χ2v) is 6.50. The van der Waals surface area contributed by atoms with Gasteiger partial charge in [0.1, 0.15) is 4.83 Å². The lowest BCUT2D eigenvalue weighted by molar-refractivity contribution is -0.137. The van der Waals surface area contributed by atoms with Gasteiger partial charge in [-0.05, 0) is 17.7 Å². The van der Waals surface area contributed by atoms with Crippen molar-refractivity contribution in [3.8, 4) is 11.1 Å². The zero-order valence-electron chi connectivity index (χ0n) is 11.3. The van der Waals surface area contributed by atoms with Crippen LogP contribution in [0.4, 0.5) is 0 Å². The molecule has 2 aromatic heterocycles. The van der Waals surface area contributed by atoms with Gasteiger partial charge >= 0.3 is 5.97 Å². The molecule has 0 aliphatic rings. The van der Waals surface area contributed by atoms with Gasteiger partial charge in [0, 0.05) is 22.0 Å². The summed E-state index contributed by atoms with van der Waals surface area (Å²) in [4.78, 5) is 28.2. The second-order valence-electron chi connectivity index (χ2n) is 4.72. The third kappa shape index (κ3) is 2.82. The van der Waals surface area contributed by atoms with Crippen LogP contribution in [0.3, 0.4) is 0 Å². The SMILES string of the molecule is O=C(O)CCn1cnc2scc(-c3ccc(Br)cc3)c2c1=O. The van der Waals surface area contributed by atoms with Crippen molar-refractivity contribution < 1.29 is 9.90 Å². The number of nitrogens with zero attached hydrogens (tertiary/aromatic N) is 2. The summed E-state index contributed by atoms with van der Waals surface area (Å²) < 4.78 is 2.32. The monoisotopic (exact) mass is 378 g/mol. The van der Waals surface area contributed by atoms with Gasteiger partial charge in [0.05, 0.1) is 18.1 Å². The molecule has 5 nitrogen and oxygen atoms in total. The molecule has 0 saturated heterocycles. The fourth-order valence-corrected chi connectivity index (χ4v) is 3.36. The molecule has 0 spiro atoms. The lowest BCUT2D eigenvalue weighted by Gasteiger charge is -2.04. The van der Waals surface area contributed by atoms with Crippen molar-refractivity contribution in [2.75, 3.05) is 0 Å². The highest BCUT2D eigenvalue weighted by Crippen LogP contribution is 2.31. The number of hydrogen-bond acceptors (Lipinski definition) is 4. The first kappa shape index (κ1) is 14.9. The fraction of sp³-hybridized carbons (Fsp3) is 0.133. The van der Waals surface area contributed by atoms with Gasteiger partial charge in [0.2, 0.25) is 0 Å². The molecule has 0 saturated carbocycles. The van der Waals surface area contributed by atoms with Gasteiger partial charge in [-0.25, -0.2) is 4.98 Å². The molecular formula is C15H11BrN2O3S. The number of halogens is 1. The predicted molar refractivity (Wildman–Crippen MR) is 89.3 cm³/mol. The number of aromatic nitrogens is 2. The van der Waals surface area contributed by atoms with Crippen molar-refractivity contribution >= 4 is 43.5 Å². The van der Waals surface area contributed by atoms with Crippen LogP contribution in [-0.4, -0.2) is 20.6 Å². The summed E-state index contributed by atoms with van der Waals surface area (Å²) in [7, 11) is 0. The van der Waals surface area contributed by atoms with Crippen molar-refractivity contribution in [1.29, 1.82) is 0 Å². The Balaban J connectivity index is 2.12. The van der Waals surface area contributed by atoms with Crippen molar-refractivity contribution in [2.24, 2.45) is 0 Å². The topological polar surface area (TPSA) is 72.2 Å². The van der Waals surface area contributed by atoms with Crippen LogP contribution in [0.5, 0.6) is 0 Å². The van der Waals surface area contributed by atoms with Crippen LogP contribution in [0.15, 0.2) is 45.2 Å². The van der Waals surface area contributed by atoms with Crippen molar-refractivity contribution in [3.05, 3.63) is 50.8 Å². The molecule has 22 heavy (non-hydrogen) atoms. The Hall–Kier alpha value is -1.99. The molecule has 3 aromatic rings. The van der Waals surface area contributed by atoms with E-state index >= 15 is 0 Å².